The molecule has 0 fully saturated rings. The predicted molar refractivity (Wildman–Crippen MR) is 98.9 cm³/mol. The lowest BCUT2D eigenvalue weighted by Gasteiger charge is -2.11. The van der Waals surface area contributed by atoms with Crippen molar-refractivity contribution < 1.29 is 0 Å². The van der Waals surface area contributed by atoms with Crippen LogP contribution in [0.25, 0.3) is 33.4 Å². The number of nitrogens with zero attached hydrogens (tertiary/aromatic N) is 2. The van der Waals surface area contributed by atoms with Gasteiger partial charge in [0.15, 0.2) is 0 Å². The summed E-state index contributed by atoms with van der Waals surface area (Å²) in [5, 5.41) is 0.792. The molecule has 0 saturated carbocycles. The van der Waals surface area contributed by atoms with Crippen molar-refractivity contribution in [1.29, 1.82) is 0 Å². The molecule has 0 aliphatic carbocycles. The molecule has 0 amide bonds. The Morgan fingerprint density at radius 2 is 1.72 bits per heavy atom. The molecular weight excluding hydrogens is 312 g/mol. The van der Waals surface area contributed by atoms with E-state index in [0.29, 0.717) is 12.2 Å². The maximum Gasteiger partial charge on any atom is 0.346 e. The van der Waals surface area contributed by atoms with E-state index in [-0.39, 0.29) is 0 Å². The van der Waals surface area contributed by atoms with Crippen LogP contribution < -0.4 is 11.4 Å². The standard InChI is InChI=1S/C20H16N4O/c21-11-13-6-8-15(9-7-13)18-17(14-4-2-1-3-5-14)10-16-12-22-20(25)24-19(16)23-18/h1-10,12H,11,21H2,(H,22,23,24,25). The normalized spacial score (nSPS) is 10.9. The third-order valence-electron chi connectivity index (χ3n) is 4.15. The molecule has 4 aromatic rings. The second-order valence-corrected chi connectivity index (χ2v) is 5.78. The average molecular weight is 328 g/mol. The number of pyridine rings is 1. The Bertz CT molecular complexity index is 1090. The van der Waals surface area contributed by atoms with Crippen LogP contribution in [0.15, 0.2) is 71.7 Å². The summed E-state index contributed by atoms with van der Waals surface area (Å²) in [7, 11) is 0. The highest BCUT2D eigenvalue weighted by Gasteiger charge is 2.12. The summed E-state index contributed by atoms with van der Waals surface area (Å²) in [6, 6.07) is 20.0. The summed E-state index contributed by atoms with van der Waals surface area (Å²) in [6.45, 7) is 0.496. The van der Waals surface area contributed by atoms with Crippen molar-refractivity contribution in [2.75, 3.05) is 0 Å². The number of benzene rings is 2. The van der Waals surface area contributed by atoms with Gasteiger partial charge in [-0.15, -0.1) is 0 Å². The van der Waals surface area contributed by atoms with Crippen molar-refractivity contribution in [1.82, 2.24) is 15.0 Å². The molecular formula is C20H16N4O. The molecule has 2 aromatic heterocycles. The van der Waals surface area contributed by atoms with E-state index in [1.54, 1.807) is 6.20 Å². The van der Waals surface area contributed by atoms with Crippen LogP contribution in [0, 0.1) is 0 Å². The second-order valence-electron chi connectivity index (χ2n) is 5.78. The van der Waals surface area contributed by atoms with Crippen LogP contribution in [0.5, 0.6) is 0 Å². The molecule has 2 heterocycles. The maximum absolute atomic E-state index is 11.5. The van der Waals surface area contributed by atoms with Gasteiger partial charge in [-0.25, -0.2) is 14.8 Å². The number of hydrogen-bond donors (Lipinski definition) is 2. The molecule has 4 rings (SSSR count). The zero-order valence-corrected chi connectivity index (χ0v) is 13.4. The predicted octanol–water partition coefficient (Wildman–Crippen LogP) is 3.11. The minimum absolute atomic E-state index is 0.406. The minimum Gasteiger partial charge on any atom is -0.326 e. The summed E-state index contributed by atoms with van der Waals surface area (Å²) in [5.74, 6) is 0. The van der Waals surface area contributed by atoms with Gasteiger partial charge in [0.25, 0.3) is 0 Å². The minimum atomic E-state index is -0.406. The van der Waals surface area contributed by atoms with Gasteiger partial charge >= 0.3 is 5.69 Å². The summed E-state index contributed by atoms with van der Waals surface area (Å²) in [6.07, 6.45) is 1.55. The lowest BCUT2D eigenvalue weighted by molar-refractivity contribution is 1.07. The molecule has 0 bridgehead atoms. The summed E-state index contributed by atoms with van der Waals surface area (Å²) in [5.41, 5.74) is 10.7. The highest BCUT2D eigenvalue weighted by Crippen LogP contribution is 2.32. The van der Waals surface area contributed by atoms with Gasteiger partial charge in [0.1, 0.15) is 5.65 Å². The topological polar surface area (TPSA) is 84.7 Å². The Kier molecular flexibility index (Phi) is 3.84. The molecule has 0 saturated heterocycles. The van der Waals surface area contributed by atoms with Gasteiger partial charge in [0.05, 0.1) is 5.69 Å². The quantitative estimate of drug-likeness (QED) is 0.605. The second kappa shape index (κ2) is 6.30. The van der Waals surface area contributed by atoms with Crippen LogP contribution in [0.1, 0.15) is 5.56 Å². The van der Waals surface area contributed by atoms with Crippen molar-refractivity contribution in [3.63, 3.8) is 0 Å². The van der Waals surface area contributed by atoms with Crippen LogP contribution in [-0.4, -0.2) is 15.0 Å². The van der Waals surface area contributed by atoms with E-state index < -0.39 is 5.69 Å². The zero-order valence-electron chi connectivity index (χ0n) is 13.4. The largest absolute Gasteiger partial charge is 0.346 e. The Morgan fingerprint density at radius 1 is 0.960 bits per heavy atom. The van der Waals surface area contributed by atoms with Crippen molar-refractivity contribution in [3.8, 4) is 22.4 Å². The third kappa shape index (κ3) is 2.93. The first-order valence-electron chi connectivity index (χ1n) is 7.99. The molecule has 0 atom stereocenters. The van der Waals surface area contributed by atoms with E-state index >= 15 is 0 Å². The summed E-state index contributed by atoms with van der Waals surface area (Å²) >= 11 is 0. The van der Waals surface area contributed by atoms with Gasteiger partial charge in [-0.3, -0.25) is 4.98 Å². The number of fused-ring (bicyclic) bond motifs is 1. The first-order chi connectivity index (χ1) is 12.2. The molecule has 0 spiro atoms. The van der Waals surface area contributed by atoms with Crippen molar-refractivity contribution in [2.24, 2.45) is 5.73 Å². The molecule has 0 aliphatic heterocycles. The number of H-pyrrole nitrogens is 1. The first-order valence-corrected chi connectivity index (χ1v) is 7.99. The Labute approximate surface area is 144 Å². The fourth-order valence-electron chi connectivity index (χ4n) is 2.85. The number of nitrogens with two attached hydrogens (primary N) is 1. The highest BCUT2D eigenvalue weighted by atomic mass is 16.1. The summed E-state index contributed by atoms with van der Waals surface area (Å²) < 4.78 is 0. The van der Waals surface area contributed by atoms with Gasteiger partial charge < -0.3 is 5.73 Å². The van der Waals surface area contributed by atoms with E-state index in [4.69, 9.17) is 10.7 Å². The zero-order chi connectivity index (χ0) is 17.2. The SMILES string of the molecule is NCc1ccc(-c2nc3[nH]c(=O)ncc3cc2-c2ccccc2)cc1. The monoisotopic (exact) mass is 328 g/mol. The smallest absolute Gasteiger partial charge is 0.326 e. The van der Waals surface area contributed by atoms with Crippen LogP contribution in [0.4, 0.5) is 0 Å². The first kappa shape index (κ1) is 15.2. The highest BCUT2D eigenvalue weighted by molar-refractivity contribution is 5.89. The van der Waals surface area contributed by atoms with Gasteiger partial charge in [-0.2, -0.15) is 0 Å². The van der Waals surface area contributed by atoms with Crippen molar-refractivity contribution >= 4 is 11.0 Å². The third-order valence-corrected chi connectivity index (χ3v) is 4.15. The Morgan fingerprint density at radius 3 is 2.44 bits per heavy atom. The van der Waals surface area contributed by atoms with Crippen LogP contribution in [-0.2, 0) is 6.54 Å². The van der Waals surface area contributed by atoms with E-state index in [0.717, 1.165) is 33.3 Å². The average Bonchev–Trinajstić information content (AvgIpc) is 2.67. The fourth-order valence-corrected chi connectivity index (χ4v) is 2.85. The van der Waals surface area contributed by atoms with Crippen LogP contribution in [0.3, 0.4) is 0 Å². The number of rotatable bonds is 3. The van der Waals surface area contributed by atoms with Gasteiger partial charge in [-0.05, 0) is 17.2 Å². The van der Waals surface area contributed by atoms with Crippen LogP contribution in [0.2, 0.25) is 0 Å². The van der Waals surface area contributed by atoms with E-state index in [9.17, 15) is 4.79 Å². The fraction of sp³-hybridized carbons (Fsp3) is 0.0500. The number of aromatic amines is 1. The number of nitrogens with one attached hydrogen (secondary N) is 1. The number of aromatic nitrogens is 3. The molecule has 122 valence electrons. The van der Waals surface area contributed by atoms with E-state index in [1.165, 1.54) is 0 Å². The lowest BCUT2D eigenvalue weighted by atomic mass is 9.98. The van der Waals surface area contributed by atoms with Gasteiger partial charge in [0, 0.05) is 29.3 Å². The molecule has 0 unspecified atom stereocenters. The number of hydrogen-bond acceptors (Lipinski definition) is 4. The molecule has 5 heteroatoms. The molecule has 0 aliphatic rings. The van der Waals surface area contributed by atoms with Crippen molar-refractivity contribution in [3.05, 3.63) is 82.9 Å². The van der Waals surface area contributed by atoms with E-state index in [1.807, 2.05) is 60.7 Å². The lowest BCUT2D eigenvalue weighted by Crippen LogP contribution is -2.09. The maximum atomic E-state index is 11.5. The summed E-state index contributed by atoms with van der Waals surface area (Å²) in [4.78, 5) is 22.8. The Hall–Kier alpha value is -3.31. The molecule has 25 heavy (non-hydrogen) atoms. The van der Waals surface area contributed by atoms with Crippen molar-refractivity contribution in [2.45, 2.75) is 6.54 Å². The van der Waals surface area contributed by atoms with Crippen LogP contribution >= 0.6 is 0 Å². The van der Waals surface area contributed by atoms with E-state index in [2.05, 4.69) is 9.97 Å². The molecule has 2 aromatic carbocycles. The molecule has 3 N–H and O–H groups in total. The van der Waals surface area contributed by atoms with Gasteiger partial charge in [-0.1, -0.05) is 54.6 Å². The van der Waals surface area contributed by atoms with Gasteiger partial charge in [0.2, 0.25) is 0 Å². The Balaban J connectivity index is 2.00. The molecule has 5 nitrogen and oxygen atoms in total. The molecule has 0 radical (unpaired) electrons.